The molecular weight excluding hydrogens is 228 g/mol. The van der Waals surface area contributed by atoms with Crippen LogP contribution in [-0.2, 0) is 13.0 Å². The van der Waals surface area contributed by atoms with Gasteiger partial charge < -0.3 is 4.90 Å². The minimum absolute atomic E-state index is 0.944. The molecule has 2 nitrogen and oxygen atoms in total. The summed E-state index contributed by atoms with van der Waals surface area (Å²) in [6, 6.07) is 8.96. The van der Waals surface area contributed by atoms with E-state index in [9.17, 15) is 0 Å². The quantitative estimate of drug-likeness (QED) is 0.716. The molecule has 0 aliphatic rings. The molecule has 0 radical (unpaired) electrons. The van der Waals surface area contributed by atoms with E-state index in [-0.39, 0.29) is 0 Å². The topological polar surface area (TPSA) is 15.3 Å². The Hall–Kier alpha value is -0.510. The van der Waals surface area contributed by atoms with Crippen molar-refractivity contribution in [2.24, 2.45) is 0 Å². The maximum absolute atomic E-state index is 3.26. The van der Waals surface area contributed by atoms with Gasteiger partial charge in [-0.05, 0) is 50.4 Å². The van der Waals surface area contributed by atoms with Gasteiger partial charge in [0.2, 0.25) is 0 Å². The summed E-state index contributed by atoms with van der Waals surface area (Å²) >= 11 is 1.66. The zero-order chi connectivity index (χ0) is 12.5. The normalized spacial score (nSPS) is 11.1. The number of aryl methyl sites for hydroxylation is 1. The second kappa shape index (κ2) is 8.56. The third kappa shape index (κ3) is 6.10. The molecule has 0 amide bonds. The molecule has 0 heterocycles. The van der Waals surface area contributed by atoms with Crippen molar-refractivity contribution in [3.63, 3.8) is 0 Å². The molecule has 0 aromatic heterocycles. The third-order valence-electron chi connectivity index (χ3n) is 2.99. The van der Waals surface area contributed by atoms with Gasteiger partial charge in [-0.25, -0.2) is 0 Å². The molecular formula is C14H24N2S. The van der Waals surface area contributed by atoms with Crippen LogP contribution in [0.3, 0.4) is 0 Å². The Morgan fingerprint density at radius 1 is 1.18 bits per heavy atom. The van der Waals surface area contributed by atoms with Gasteiger partial charge in [-0.15, -0.1) is 0 Å². The minimum atomic E-state index is 0.944. The Bertz CT molecular complexity index is 298. The van der Waals surface area contributed by atoms with Gasteiger partial charge in [0.25, 0.3) is 0 Å². The zero-order valence-corrected chi connectivity index (χ0v) is 12.0. The highest BCUT2D eigenvalue weighted by Gasteiger charge is 1.97. The molecule has 1 N–H and O–H groups in total. The predicted octanol–water partition coefficient (Wildman–Crippen LogP) is 2.94. The summed E-state index contributed by atoms with van der Waals surface area (Å²) < 4.78 is 3.26. The van der Waals surface area contributed by atoms with E-state index in [0.29, 0.717) is 0 Å². The first-order chi connectivity index (χ1) is 8.26. The van der Waals surface area contributed by atoms with E-state index in [1.807, 2.05) is 0 Å². The van der Waals surface area contributed by atoms with Gasteiger partial charge in [0.15, 0.2) is 0 Å². The molecule has 96 valence electrons. The summed E-state index contributed by atoms with van der Waals surface area (Å²) in [6.07, 6.45) is 4.48. The first kappa shape index (κ1) is 14.6. The SMILES string of the molecule is CCN(C)CCCc1ccc(CNSC)cc1. The van der Waals surface area contributed by atoms with Gasteiger partial charge in [0.1, 0.15) is 0 Å². The lowest BCUT2D eigenvalue weighted by atomic mass is 10.1. The summed E-state index contributed by atoms with van der Waals surface area (Å²) in [4.78, 5) is 2.36. The Kier molecular flexibility index (Phi) is 7.33. The van der Waals surface area contributed by atoms with Crippen molar-refractivity contribution in [1.82, 2.24) is 9.62 Å². The summed E-state index contributed by atoms with van der Waals surface area (Å²) in [5, 5.41) is 0. The van der Waals surface area contributed by atoms with Crippen molar-refractivity contribution in [3.05, 3.63) is 35.4 Å². The fourth-order valence-corrected chi connectivity index (χ4v) is 2.00. The maximum atomic E-state index is 3.26. The smallest absolute Gasteiger partial charge is 0.0309 e. The second-order valence-corrected chi connectivity index (χ2v) is 5.04. The number of nitrogens with zero attached hydrogens (tertiary/aromatic N) is 1. The van der Waals surface area contributed by atoms with E-state index in [4.69, 9.17) is 0 Å². The molecule has 0 aliphatic heterocycles. The Labute approximate surface area is 110 Å². The molecule has 0 unspecified atom stereocenters. The number of rotatable bonds is 8. The van der Waals surface area contributed by atoms with E-state index >= 15 is 0 Å². The van der Waals surface area contributed by atoms with Gasteiger partial charge in [-0.1, -0.05) is 43.1 Å². The van der Waals surface area contributed by atoms with E-state index < -0.39 is 0 Å². The summed E-state index contributed by atoms with van der Waals surface area (Å²) in [5.74, 6) is 0. The molecule has 1 aromatic rings. The molecule has 0 bridgehead atoms. The molecule has 17 heavy (non-hydrogen) atoms. The summed E-state index contributed by atoms with van der Waals surface area (Å²) in [6.45, 7) is 5.47. The van der Waals surface area contributed by atoms with Crippen LogP contribution in [0.4, 0.5) is 0 Å². The molecule has 0 spiro atoms. The Morgan fingerprint density at radius 3 is 2.41 bits per heavy atom. The molecule has 1 rings (SSSR count). The Balaban J connectivity index is 2.30. The van der Waals surface area contributed by atoms with E-state index in [1.165, 1.54) is 30.5 Å². The molecule has 0 saturated heterocycles. The standard InChI is InChI=1S/C14H24N2S/c1-4-16(2)11-5-6-13-7-9-14(10-8-13)12-15-17-3/h7-10,15H,4-6,11-12H2,1-3H3. The predicted molar refractivity (Wildman–Crippen MR) is 78.3 cm³/mol. The van der Waals surface area contributed by atoms with Gasteiger partial charge in [0, 0.05) is 6.54 Å². The van der Waals surface area contributed by atoms with Crippen LogP contribution < -0.4 is 4.72 Å². The van der Waals surface area contributed by atoms with Crippen LogP contribution >= 0.6 is 11.9 Å². The number of benzene rings is 1. The number of hydrogen-bond acceptors (Lipinski definition) is 3. The van der Waals surface area contributed by atoms with Gasteiger partial charge in [-0.3, -0.25) is 4.72 Å². The van der Waals surface area contributed by atoms with Gasteiger partial charge in [0.05, 0.1) is 0 Å². The second-order valence-electron chi connectivity index (χ2n) is 4.34. The van der Waals surface area contributed by atoms with Crippen molar-refractivity contribution < 1.29 is 0 Å². The van der Waals surface area contributed by atoms with Crippen LogP contribution in [0, 0.1) is 0 Å². The molecule has 0 aliphatic carbocycles. The lowest BCUT2D eigenvalue weighted by molar-refractivity contribution is 0.347. The molecule has 0 atom stereocenters. The average Bonchev–Trinajstić information content (AvgIpc) is 2.37. The fourth-order valence-electron chi connectivity index (χ4n) is 1.69. The molecule has 3 heteroatoms. The van der Waals surface area contributed by atoms with Crippen LogP contribution in [-0.4, -0.2) is 31.3 Å². The first-order valence-corrected chi connectivity index (χ1v) is 7.51. The molecule has 1 aromatic carbocycles. The zero-order valence-electron chi connectivity index (χ0n) is 11.2. The van der Waals surface area contributed by atoms with Crippen LogP contribution in [0.15, 0.2) is 24.3 Å². The van der Waals surface area contributed by atoms with Crippen LogP contribution in [0.5, 0.6) is 0 Å². The molecule has 0 saturated carbocycles. The maximum Gasteiger partial charge on any atom is 0.0309 e. The van der Waals surface area contributed by atoms with Gasteiger partial charge >= 0.3 is 0 Å². The van der Waals surface area contributed by atoms with E-state index in [2.05, 4.69) is 54.1 Å². The van der Waals surface area contributed by atoms with E-state index in [0.717, 1.165) is 13.1 Å². The molecule has 0 fully saturated rings. The van der Waals surface area contributed by atoms with Crippen molar-refractivity contribution >= 4 is 11.9 Å². The van der Waals surface area contributed by atoms with Crippen molar-refractivity contribution in [3.8, 4) is 0 Å². The van der Waals surface area contributed by atoms with Crippen molar-refractivity contribution in [1.29, 1.82) is 0 Å². The van der Waals surface area contributed by atoms with E-state index in [1.54, 1.807) is 11.9 Å². The first-order valence-electron chi connectivity index (χ1n) is 6.28. The van der Waals surface area contributed by atoms with Crippen LogP contribution in [0.25, 0.3) is 0 Å². The monoisotopic (exact) mass is 252 g/mol. The number of nitrogens with one attached hydrogen (secondary N) is 1. The summed E-state index contributed by atoms with van der Waals surface area (Å²) in [5.41, 5.74) is 2.80. The van der Waals surface area contributed by atoms with Crippen LogP contribution in [0.1, 0.15) is 24.5 Å². The lowest BCUT2D eigenvalue weighted by Gasteiger charge is -2.13. The highest BCUT2D eigenvalue weighted by Crippen LogP contribution is 2.07. The number of hydrogen-bond donors (Lipinski definition) is 1. The lowest BCUT2D eigenvalue weighted by Crippen LogP contribution is -2.19. The highest BCUT2D eigenvalue weighted by molar-refractivity contribution is 7.96. The fraction of sp³-hybridized carbons (Fsp3) is 0.571. The third-order valence-corrected chi connectivity index (χ3v) is 3.42. The van der Waals surface area contributed by atoms with Crippen molar-refractivity contribution in [2.45, 2.75) is 26.3 Å². The summed E-state index contributed by atoms with van der Waals surface area (Å²) in [7, 11) is 2.18. The van der Waals surface area contributed by atoms with Crippen LogP contribution in [0.2, 0.25) is 0 Å². The largest absolute Gasteiger partial charge is 0.307 e. The highest BCUT2D eigenvalue weighted by atomic mass is 32.2. The van der Waals surface area contributed by atoms with Gasteiger partial charge in [-0.2, -0.15) is 0 Å². The van der Waals surface area contributed by atoms with Crippen molar-refractivity contribution in [2.75, 3.05) is 26.4 Å². The minimum Gasteiger partial charge on any atom is -0.307 e. The average molecular weight is 252 g/mol. The Morgan fingerprint density at radius 2 is 1.82 bits per heavy atom.